The summed E-state index contributed by atoms with van der Waals surface area (Å²) in [6, 6.07) is 7.47. The lowest BCUT2D eigenvalue weighted by atomic mass is 10.0. The third-order valence-electron chi connectivity index (χ3n) is 4.31. The van der Waals surface area contributed by atoms with Crippen molar-refractivity contribution in [3.63, 3.8) is 0 Å². The number of carbonyl (C=O) groups excluding carboxylic acids is 2. The van der Waals surface area contributed by atoms with Crippen LogP contribution in [0.3, 0.4) is 0 Å². The van der Waals surface area contributed by atoms with Crippen molar-refractivity contribution in [3.05, 3.63) is 48.3 Å². The van der Waals surface area contributed by atoms with Crippen LogP contribution in [0.5, 0.6) is 0 Å². The van der Waals surface area contributed by atoms with E-state index in [4.69, 9.17) is 0 Å². The van der Waals surface area contributed by atoms with Crippen LogP contribution in [0.15, 0.2) is 42.7 Å². The fourth-order valence-corrected chi connectivity index (χ4v) is 3.07. The van der Waals surface area contributed by atoms with E-state index in [0.29, 0.717) is 24.2 Å². The lowest BCUT2D eigenvalue weighted by Crippen LogP contribution is -2.48. The molecule has 1 aliphatic heterocycles. The molecule has 2 heterocycles. The summed E-state index contributed by atoms with van der Waals surface area (Å²) >= 11 is 0. The molecule has 1 unspecified atom stereocenters. The lowest BCUT2D eigenvalue weighted by molar-refractivity contribution is -0.143. The second kappa shape index (κ2) is 7.81. The standard InChI is InChI=1S/C18H20N4O4/c23-16(12-21-9-4-8-19-21)20-14-6-3-5-13(11-14)17(24)22-10-2-1-7-15(22)18(25)26/h3-6,8-9,11,15H,1-2,7,10,12H2,(H,20,23)(H,25,26). The first-order valence-corrected chi connectivity index (χ1v) is 8.46. The van der Waals surface area contributed by atoms with Gasteiger partial charge in [0.25, 0.3) is 5.91 Å². The quantitative estimate of drug-likeness (QED) is 0.847. The van der Waals surface area contributed by atoms with E-state index in [1.165, 1.54) is 9.58 Å². The Hall–Kier alpha value is -3.16. The number of carbonyl (C=O) groups is 3. The third kappa shape index (κ3) is 4.08. The number of carboxylic acid groups (broad SMARTS) is 1. The predicted molar refractivity (Wildman–Crippen MR) is 93.6 cm³/mol. The Labute approximate surface area is 150 Å². The maximum atomic E-state index is 12.7. The van der Waals surface area contributed by atoms with Gasteiger partial charge in [-0.2, -0.15) is 5.10 Å². The highest BCUT2D eigenvalue weighted by Crippen LogP contribution is 2.21. The van der Waals surface area contributed by atoms with Gasteiger partial charge < -0.3 is 15.3 Å². The minimum Gasteiger partial charge on any atom is -0.480 e. The van der Waals surface area contributed by atoms with Crippen LogP contribution >= 0.6 is 0 Å². The van der Waals surface area contributed by atoms with Crippen LogP contribution in [0.2, 0.25) is 0 Å². The highest BCUT2D eigenvalue weighted by molar-refractivity contribution is 5.98. The summed E-state index contributed by atoms with van der Waals surface area (Å²) in [7, 11) is 0. The van der Waals surface area contributed by atoms with E-state index in [1.807, 2.05) is 0 Å². The van der Waals surface area contributed by atoms with Crippen molar-refractivity contribution in [1.29, 1.82) is 0 Å². The van der Waals surface area contributed by atoms with E-state index in [1.54, 1.807) is 42.7 Å². The molecular weight excluding hydrogens is 336 g/mol. The summed E-state index contributed by atoms with van der Waals surface area (Å²) in [5, 5.41) is 16.0. The molecule has 1 aromatic heterocycles. The first-order valence-electron chi connectivity index (χ1n) is 8.46. The average molecular weight is 356 g/mol. The van der Waals surface area contributed by atoms with Crippen LogP contribution in [0.25, 0.3) is 0 Å². The Morgan fingerprint density at radius 1 is 1.23 bits per heavy atom. The van der Waals surface area contributed by atoms with Crippen molar-refractivity contribution < 1.29 is 19.5 Å². The molecule has 0 bridgehead atoms. The molecule has 0 radical (unpaired) electrons. The summed E-state index contributed by atoms with van der Waals surface area (Å²) in [6.45, 7) is 0.490. The summed E-state index contributed by atoms with van der Waals surface area (Å²) in [5.74, 6) is -1.58. The van der Waals surface area contributed by atoms with Gasteiger partial charge in [0.15, 0.2) is 0 Å². The number of hydrogen-bond acceptors (Lipinski definition) is 4. The molecule has 0 aliphatic carbocycles. The number of amides is 2. The molecule has 136 valence electrons. The lowest BCUT2D eigenvalue weighted by Gasteiger charge is -2.33. The fourth-order valence-electron chi connectivity index (χ4n) is 3.07. The Kier molecular flexibility index (Phi) is 5.31. The minimum absolute atomic E-state index is 0.0678. The Balaban J connectivity index is 1.70. The van der Waals surface area contributed by atoms with Crippen molar-refractivity contribution in [1.82, 2.24) is 14.7 Å². The molecular formula is C18H20N4O4. The van der Waals surface area contributed by atoms with E-state index in [0.717, 1.165) is 12.8 Å². The number of benzene rings is 1. The van der Waals surface area contributed by atoms with Gasteiger partial charge in [-0.05, 0) is 43.5 Å². The molecule has 1 fully saturated rings. The molecule has 1 aliphatic rings. The zero-order chi connectivity index (χ0) is 18.5. The second-order valence-corrected chi connectivity index (χ2v) is 6.18. The highest BCUT2D eigenvalue weighted by atomic mass is 16.4. The molecule has 8 nitrogen and oxygen atoms in total. The van der Waals surface area contributed by atoms with Crippen molar-refractivity contribution in [2.24, 2.45) is 0 Å². The maximum Gasteiger partial charge on any atom is 0.326 e. The molecule has 2 N–H and O–H groups in total. The SMILES string of the molecule is O=C(Cn1cccn1)Nc1cccc(C(=O)N2CCCCC2C(=O)O)c1. The number of carboxylic acids is 1. The smallest absolute Gasteiger partial charge is 0.326 e. The van der Waals surface area contributed by atoms with Crippen molar-refractivity contribution >= 4 is 23.5 Å². The third-order valence-corrected chi connectivity index (χ3v) is 4.31. The molecule has 0 spiro atoms. The molecule has 0 saturated carbocycles. The average Bonchev–Trinajstić information content (AvgIpc) is 3.14. The summed E-state index contributed by atoms with van der Waals surface area (Å²) in [6.07, 6.45) is 5.31. The maximum absolute atomic E-state index is 12.7. The number of likely N-dealkylation sites (tertiary alicyclic amines) is 1. The Bertz CT molecular complexity index is 803. The van der Waals surface area contributed by atoms with Gasteiger partial charge in [0.1, 0.15) is 12.6 Å². The summed E-state index contributed by atoms with van der Waals surface area (Å²) in [4.78, 5) is 37.6. The topological polar surface area (TPSA) is 105 Å². The second-order valence-electron chi connectivity index (χ2n) is 6.18. The molecule has 1 aromatic carbocycles. The van der Waals surface area contributed by atoms with E-state index in [9.17, 15) is 19.5 Å². The van der Waals surface area contributed by atoms with Crippen LogP contribution in [0.4, 0.5) is 5.69 Å². The number of piperidine rings is 1. The number of rotatable bonds is 5. The molecule has 2 aromatic rings. The van der Waals surface area contributed by atoms with Crippen molar-refractivity contribution in [3.8, 4) is 0 Å². The van der Waals surface area contributed by atoms with Gasteiger partial charge in [-0.25, -0.2) is 4.79 Å². The van der Waals surface area contributed by atoms with E-state index >= 15 is 0 Å². The number of nitrogens with zero attached hydrogens (tertiary/aromatic N) is 3. The monoisotopic (exact) mass is 356 g/mol. The highest BCUT2D eigenvalue weighted by Gasteiger charge is 2.32. The van der Waals surface area contributed by atoms with Gasteiger partial charge in [0.2, 0.25) is 5.91 Å². The minimum atomic E-state index is -0.985. The van der Waals surface area contributed by atoms with Gasteiger partial charge in [-0.1, -0.05) is 6.07 Å². The number of anilines is 1. The van der Waals surface area contributed by atoms with E-state index in [2.05, 4.69) is 10.4 Å². The predicted octanol–water partition coefficient (Wildman–Crippen LogP) is 1.60. The fraction of sp³-hybridized carbons (Fsp3) is 0.333. The Morgan fingerprint density at radius 2 is 2.08 bits per heavy atom. The number of hydrogen-bond donors (Lipinski definition) is 2. The van der Waals surface area contributed by atoms with Gasteiger partial charge in [-0.3, -0.25) is 14.3 Å². The molecule has 1 atom stereocenters. The van der Waals surface area contributed by atoms with Gasteiger partial charge in [0.05, 0.1) is 0 Å². The van der Waals surface area contributed by atoms with Crippen molar-refractivity contribution in [2.75, 3.05) is 11.9 Å². The molecule has 1 saturated heterocycles. The Morgan fingerprint density at radius 3 is 2.81 bits per heavy atom. The van der Waals surface area contributed by atoms with Crippen LogP contribution in [-0.4, -0.2) is 50.2 Å². The molecule has 8 heteroatoms. The zero-order valence-electron chi connectivity index (χ0n) is 14.2. The number of aromatic nitrogens is 2. The number of aliphatic carboxylic acids is 1. The summed E-state index contributed by atoms with van der Waals surface area (Å²) in [5.41, 5.74) is 0.840. The van der Waals surface area contributed by atoms with Gasteiger partial charge in [-0.15, -0.1) is 0 Å². The normalized spacial score (nSPS) is 16.9. The van der Waals surface area contributed by atoms with E-state index in [-0.39, 0.29) is 18.4 Å². The van der Waals surface area contributed by atoms with Gasteiger partial charge in [0, 0.05) is 30.2 Å². The first kappa shape index (κ1) is 17.7. The first-order chi connectivity index (χ1) is 12.5. The number of nitrogens with one attached hydrogen (secondary N) is 1. The van der Waals surface area contributed by atoms with E-state index < -0.39 is 12.0 Å². The van der Waals surface area contributed by atoms with Crippen LogP contribution in [0, 0.1) is 0 Å². The van der Waals surface area contributed by atoms with Gasteiger partial charge >= 0.3 is 5.97 Å². The molecule has 26 heavy (non-hydrogen) atoms. The molecule has 3 rings (SSSR count). The summed E-state index contributed by atoms with van der Waals surface area (Å²) < 4.78 is 1.50. The van der Waals surface area contributed by atoms with Crippen LogP contribution in [0.1, 0.15) is 29.6 Å². The largest absolute Gasteiger partial charge is 0.480 e. The van der Waals surface area contributed by atoms with Crippen molar-refractivity contribution in [2.45, 2.75) is 31.8 Å². The zero-order valence-corrected chi connectivity index (χ0v) is 14.2. The van der Waals surface area contributed by atoms with Crippen LogP contribution in [-0.2, 0) is 16.1 Å². The van der Waals surface area contributed by atoms with Crippen LogP contribution < -0.4 is 5.32 Å². The molecule has 2 amide bonds.